The van der Waals surface area contributed by atoms with Crippen LogP contribution in [-0.2, 0) is 0 Å². The molecule has 0 bridgehead atoms. The number of para-hydroxylation sites is 3. The van der Waals surface area contributed by atoms with Crippen LogP contribution in [0, 0.1) is 35.5 Å². The van der Waals surface area contributed by atoms with E-state index >= 15 is 0 Å². The van der Waals surface area contributed by atoms with Gasteiger partial charge in [0.2, 0.25) is 0 Å². The van der Waals surface area contributed by atoms with Crippen LogP contribution in [0.25, 0.3) is 0 Å². The number of nitrogens with one attached hydrogen (secondary N) is 4. The molecule has 16 aliphatic heterocycles. The summed E-state index contributed by atoms with van der Waals surface area (Å²) in [5.74, 6) is 15.4. The van der Waals surface area contributed by atoms with E-state index in [1.807, 2.05) is 22.3 Å². The third-order valence-electron chi connectivity index (χ3n) is 37.0. The summed E-state index contributed by atoms with van der Waals surface area (Å²) in [7, 11) is 0. The lowest BCUT2D eigenvalue weighted by molar-refractivity contribution is 0.00756. The Labute approximate surface area is 676 Å². The molecular formula is C98H114B2N14. The van der Waals surface area contributed by atoms with E-state index in [-0.39, 0.29) is 6.17 Å². The molecule has 28 rings (SSSR count). The van der Waals surface area contributed by atoms with Gasteiger partial charge in [0.1, 0.15) is 23.3 Å². The van der Waals surface area contributed by atoms with Crippen molar-refractivity contribution in [2.45, 2.75) is 285 Å². The highest BCUT2D eigenvalue weighted by atomic mass is 15.5. The minimum atomic E-state index is 0.220. The van der Waals surface area contributed by atoms with Gasteiger partial charge in [-0.15, -0.1) is 0 Å². The Morgan fingerprint density at radius 1 is 0.307 bits per heavy atom. The monoisotopic (exact) mass is 1510 g/mol. The normalized spacial score (nSPS) is 42.8. The fourth-order valence-electron chi connectivity index (χ4n) is 34.3. The lowest BCUT2D eigenvalue weighted by Crippen LogP contribution is -2.73. The third kappa shape index (κ3) is 8.81. The standard InChI is InChI=1S/C98H114B2N14/c1-4-23-59(24-5-1)107-75-41-20-45-103-87(75)83-65-32-17-37-71-91(65)113(97(83)107)79-52-57(74-40-11-13-44-102-74)53-80-86(79)100(71)72-38-18-33-66-84-88-76(42-21-46-104-88)108(98(84)114(80)92(66)72)62-29-14-22-55(48-62)58-49-68-82-64-31-16-36-70-90(64)112(96(82)110(94(68)106-54-58)61-27-8-3-9-28-61)78-51-56(73-39-10-12-43-101-73)50-77-85(78)99(70)69-35-15-30-63-81-67-34-19-47-105-93(67)109(60-25-6-2-7-26-60)95(81)111(77)89(63)69/h1-14,22-29,39-40,43-44,48,56-58,63-72,75-80,85-94,103-106H,15-21,30-38,41-42,45-47,49-54H2. The van der Waals surface area contributed by atoms with Gasteiger partial charge >= 0.3 is 0 Å². The van der Waals surface area contributed by atoms with Crippen molar-refractivity contribution in [3.05, 3.63) is 227 Å². The molecule has 4 aromatic carbocycles. The molecular weight excluding hydrogens is 1390 g/mol. The molecule has 29 unspecified atom stereocenters. The van der Waals surface area contributed by atoms with Crippen molar-refractivity contribution in [1.82, 2.24) is 50.8 Å². The second-order valence-corrected chi connectivity index (χ2v) is 40.8. The van der Waals surface area contributed by atoms with E-state index in [0.29, 0.717) is 149 Å². The second kappa shape index (κ2) is 25.0. The lowest BCUT2D eigenvalue weighted by atomic mass is 9.18. The van der Waals surface area contributed by atoms with Crippen LogP contribution in [0.5, 0.6) is 0 Å². The lowest BCUT2D eigenvalue weighted by Gasteiger charge is -2.68. The third-order valence-corrected chi connectivity index (χ3v) is 37.0. The molecule has 0 spiro atoms. The highest BCUT2D eigenvalue weighted by Gasteiger charge is 2.76. The number of piperidine rings is 4. The molecule has 22 aliphatic rings. The van der Waals surface area contributed by atoms with E-state index < -0.39 is 0 Å². The average molecular weight is 1510 g/mol. The first-order chi connectivity index (χ1) is 56.7. The van der Waals surface area contributed by atoms with Crippen molar-refractivity contribution in [3.63, 3.8) is 0 Å². The molecule has 6 aliphatic carbocycles. The van der Waals surface area contributed by atoms with Crippen LogP contribution in [0.1, 0.15) is 182 Å². The number of benzene rings is 4. The van der Waals surface area contributed by atoms with Gasteiger partial charge in [0.25, 0.3) is 0 Å². The number of aromatic nitrogens is 2. The highest BCUT2D eigenvalue weighted by Crippen LogP contribution is 2.75. The zero-order valence-electron chi connectivity index (χ0n) is 66.6. The van der Waals surface area contributed by atoms with Crippen molar-refractivity contribution < 1.29 is 0 Å². The van der Waals surface area contributed by atoms with Gasteiger partial charge in [-0.3, -0.25) is 20.6 Å². The number of nitrogens with zero attached hydrogens (tertiary/aromatic N) is 10. The topological polar surface area (TPSA) is 99.8 Å². The summed E-state index contributed by atoms with van der Waals surface area (Å²) in [5, 5.41) is 17.5. The quantitative estimate of drug-likeness (QED) is 0.114. The van der Waals surface area contributed by atoms with Crippen LogP contribution in [0.15, 0.2) is 210 Å². The minimum Gasteiger partial charge on any atom is -0.352 e. The zero-order chi connectivity index (χ0) is 73.6. The van der Waals surface area contributed by atoms with Gasteiger partial charge in [-0.25, -0.2) is 0 Å². The summed E-state index contributed by atoms with van der Waals surface area (Å²) in [4.78, 5) is 36.0. The Hall–Kier alpha value is -7.49. The van der Waals surface area contributed by atoms with Crippen LogP contribution in [0.4, 0.5) is 22.7 Å². The molecule has 6 aromatic rings. The first-order valence-corrected chi connectivity index (χ1v) is 46.9. The van der Waals surface area contributed by atoms with Crippen molar-refractivity contribution in [2.24, 2.45) is 35.5 Å². The van der Waals surface area contributed by atoms with Gasteiger partial charge in [0.15, 0.2) is 13.4 Å². The van der Waals surface area contributed by atoms with Crippen molar-refractivity contribution in [2.75, 3.05) is 45.8 Å². The number of hydrogen-bond donors (Lipinski definition) is 4. The Bertz CT molecular complexity index is 4970. The first kappa shape index (κ1) is 66.5. The Morgan fingerprint density at radius 2 is 0.702 bits per heavy atom. The predicted octanol–water partition coefficient (Wildman–Crippen LogP) is 16.1. The van der Waals surface area contributed by atoms with Crippen molar-refractivity contribution in [3.8, 4) is 0 Å². The second-order valence-electron chi connectivity index (χ2n) is 40.8. The molecule has 29 atom stereocenters. The molecule has 114 heavy (non-hydrogen) atoms. The van der Waals surface area contributed by atoms with Gasteiger partial charge in [-0.05, 0) is 257 Å². The maximum atomic E-state index is 5.42. The van der Waals surface area contributed by atoms with E-state index in [2.05, 4.69) is 225 Å². The summed E-state index contributed by atoms with van der Waals surface area (Å²) in [6, 6.07) is 65.8. The van der Waals surface area contributed by atoms with Gasteiger partial charge in [0, 0.05) is 149 Å². The molecule has 16 heteroatoms. The Morgan fingerprint density at radius 3 is 1.18 bits per heavy atom. The van der Waals surface area contributed by atoms with E-state index in [4.69, 9.17) is 9.97 Å². The SMILES string of the molecule is c1ccc(N2C3=C(C4CCCC5B6C7CCCC8C9=C(N(c%10cccc(C%11CNC%12C(C%11)C%11=C(N%12c%12ccccc%12)N%12C%13CC(c%14ccccn%14)CC%14C%13B(C%13CCCC%15C%16=C(N(c%17ccccc%17)C%17NCCCC%16%17)N%14C%13%15)C%13CCCC%11C%13%12)c%10)C%10CCCNC9%10)N(C9CC(c%10ccccn%10)CC(C69)N3C54)C78)C3NCCCC32)cc1. The van der Waals surface area contributed by atoms with Gasteiger partial charge < -0.3 is 49.8 Å². The molecule has 0 amide bonds. The van der Waals surface area contributed by atoms with Gasteiger partial charge in [0.05, 0.1) is 36.5 Å². The molecule has 14 fully saturated rings. The predicted molar refractivity (Wildman–Crippen MR) is 454 cm³/mol. The highest BCUT2D eigenvalue weighted by molar-refractivity contribution is 6.66. The minimum absolute atomic E-state index is 0.220. The van der Waals surface area contributed by atoms with Gasteiger partial charge in [-0.1, -0.05) is 130 Å². The van der Waals surface area contributed by atoms with Crippen LogP contribution in [-0.4, -0.2) is 154 Å². The van der Waals surface area contributed by atoms with Crippen molar-refractivity contribution in [1.29, 1.82) is 0 Å². The Balaban J connectivity index is 0.556. The summed E-state index contributed by atoms with van der Waals surface area (Å²) in [6.07, 6.45) is 34.9. The molecule has 2 aromatic heterocycles. The maximum Gasteiger partial charge on any atom is 0.159 e. The number of fused-ring (bicyclic) bond motifs is 24. The fraction of sp³-hybridized carbons (Fsp3) is 0.571. The van der Waals surface area contributed by atoms with E-state index in [9.17, 15) is 0 Å². The summed E-state index contributed by atoms with van der Waals surface area (Å²) in [5.41, 5.74) is 17.3. The largest absolute Gasteiger partial charge is 0.352 e. The van der Waals surface area contributed by atoms with Crippen LogP contribution >= 0.6 is 0 Å². The number of anilines is 4. The summed E-state index contributed by atoms with van der Waals surface area (Å²) < 4.78 is 0. The summed E-state index contributed by atoms with van der Waals surface area (Å²) in [6.45, 7) is 5.88. The molecule has 14 nitrogen and oxygen atoms in total. The number of hydrogen-bond acceptors (Lipinski definition) is 14. The van der Waals surface area contributed by atoms with Crippen LogP contribution < -0.4 is 40.9 Å². The maximum absolute atomic E-state index is 5.42. The average Bonchev–Trinajstić information content (AvgIpc) is 1.49. The smallest absolute Gasteiger partial charge is 0.159 e. The molecule has 4 N–H and O–H groups in total. The van der Waals surface area contributed by atoms with Crippen LogP contribution in [0.2, 0.25) is 34.9 Å². The number of rotatable bonds is 7. The molecule has 8 saturated heterocycles. The molecule has 582 valence electrons. The van der Waals surface area contributed by atoms with Gasteiger partial charge in [-0.2, -0.15) is 0 Å². The Kier molecular flexibility index (Phi) is 14.6. The van der Waals surface area contributed by atoms with E-state index in [1.54, 1.807) is 28.8 Å². The van der Waals surface area contributed by atoms with E-state index in [0.717, 1.165) is 57.1 Å². The van der Waals surface area contributed by atoms with E-state index in [1.165, 1.54) is 182 Å². The fourth-order valence-corrected chi connectivity index (χ4v) is 34.3. The van der Waals surface area contributed by atoms with Crippen molar-refractivity contribution >= 4 is 36.2 Å². The zero-order valence-corrected chi connectivity index (χ0v) is 66.6. The summed E-state index contributed by atoms with van der Waals surface area (Å²) >= 11 is 0. The molecule has 18 heterocycles. The number of pyridine rings is 2. The first-order valence-electron chi connectivity index (χ1n) is 46.9. The molecule has 0 radical (unpaired) electrons. The molecule has 6 saturated carbocycles. The van der Waals surface area contributed by atoms with Crippen LogP contribution in [0.3, 0.4) is 0 Å².